The smallest absolute Gasteiger partial charge is 0.224 e. The highest BCUT2D eigenvalue weighted by molar-refractivity contribution is 6.42. The number of hydrogen-bond acceptors (Lipinski definition) is 2. The summed E-state index contributed by atoms with van der Waals surface area (Å²) in [5.74, 6) is 0.0988. The summed E-state index contributed by atoms with van der Waals surface area (Å²) in [6.45, 7) is 3.11. The van der Waals surface area contributed by atoms with Gasteiger partial charge in [0.25, 0.3) is 0 Å². The predicted octanol–water partition coefficient (Wildman–Crippen LogP) is 2.62. The van der Waals surface area contributed by atoms with Crippen LogP contribution in [0.25, 0.3) is 0 Å². The molecule has 18 heavy (non-hydrogen) atoms. The van der Waals surface area contributed by atoms with Gasteiger partial charge < -0.3 is 10.6 Å². The fourth-order valence-corrected chi connectivity index (χ4v) is 2.66. The number of carbonyl (C=O) groups excluding carboxylic acids is 1. The van der Waals surface area contributed by atoms with Gasteiger partial charge in [0.15, 0.2) is 0 Å². The minimum absolute atomic E-state index is 0.0988. The largest absolute Gasteiger partial charge is 0.338 e. The summed E-state index contributed by atoms with van der Waals surface area (Å²) in [6, 6.07) is 3.62. The highest BCUT2D eigenvalue weighted by Gasteiger charge is 2.23. The van der Waals surface area contributed by atoms with Crippen molar-refractivity contribution < 1.29 is 4.79 Å². The van der Waals surface area contributed by atoms with Crippen LogP contribution in [0.3, 0.4) is 0 Å². The Morgan fingerprint density at radius 1 is 1.50 bits per heavy atom. The van der Waals surface area contributed by atoms with E-state index in [9.17, 15) is 4.79 Å². The summed E-state index contributed by atoms with van der Waals surface area (Å²) in [5.41, 5.74) is 7.79. The number of hydrogen-bond donors (Lipinski definition) is 1. The Morgan fingerprint density at radius 2 is 2.22 bits per heavy atom. The average molecular weight is 287 g/mol. The van der Waals surface area contributed by atoms with Crippen molar-refractivity contribution in [3.8, 4) is 0 Å². The van der Waals surface area contributed by atoms with Gasteiger partial charge in [-0.3, -0.25) is 4.79 Å². The van der Waals surface area contributed by atoms with Crippen molar-refractivity contribution in [2.45, 2.75) is 32.4 Å². The highest BCUT2D eigenvalue weighted by atomic mass is 35.5. The predicted molar refractivity (Wildman–Crippen MR) is 73.8 cm³/mol. The number of amides is 1. The van der Waals surface area contributed by atoms with Crippen LogP contribution in [0.2, 0.25) is 10.0 Å². The second-order valence-corrected chi connectivity index (χ2v) is 5.53. The molecular weight excluding hydrogens is 271 g/mol. The highest BCUT2D eigenvalue weighted by Crippen LogP contribution is 2.32. The molecule has 3 nitrogen and oxygen atoms in total. The number of nitrogens with two attached hydrogens (primary N) is 1. The molecule has 5 heteroatoms. The maximum absolute atomic E-state index is 12.0. The minimum Gasteiger partial charge on any atom is -0.338 e. The molecule has 1 aliphatic rings. The molecule has 1 heterocycles. The van der Waals surface area contributed by atoms with Crippen molar-refractivity contribution in [1.82, 2.24) is 4.90 Å². The van der Waals surface area contributed by atoms with Crippen LogP contribution in [-0.2, 0) is 17.8 Å². The van der Waals surface area contributed by atoms with E-state index >= 15 is 0 Å². The molecule has 1 aliphatic heterocycles. The van der Waals surface area contributed by atoms with E-state index in [-0.39, 0.29) is 11.9 Å². The normalized spacial score (nSPS) is 16.3. The Kier molecular flexibility index (Phi) is 4.15. The van der Waals surface area contributed by atoms with Crippen molar-refractivity contribution in [3.63, 3.8) is 0 Å². The van der Waals surface area contributed by atoms with Crippen LogP contribution in [0.15, 0.2) is 12.1 Å². The zero-order valence-electron chi connectivity index (χ0n) is 10.2. The molecule has 1 aromatic carbocycles. The first kappa shape index (κ1) is 13.7. The molecule has 0 fully saturated rings. The van der Waals surface area contributed by atoms with Crippen LogP contribution in [0, 0.1) is 0 Å². The molecule has 1 unspecified atom stereocenters. The fraction of sp³-hybridized carbons (Fsp3) is 0.462. The maximum Gasteiger partial charge on any atom is 0.224 e. The number of nitrogens with zero attached hydrogens (tertiary/aromatic N) is 1. The van der Waals surface area contributed by atoms with E-state index in [0.29, 0.717) is 29.6 Å². The van der Waals surface area contributed by atoms with Crippen LogP contribution in [0.4, 0.5) is 0 Å². The van der Waals surface area contributed by atoms with E-state index in [1.165, 1.54) is 0 Å². The van der Waals surface area contributed by atoms with E-state index in [2.05, 4.69) is 0 Å². The lowest BCUT2D eigenvalue weighted by molar-refractivity contribution is -0.132. The van der Waals surface area contributed by atoms with E-state index < -0.39 is 0 Å². The van der Waals surface area contributed by atoms with Crippen molar-refractivity contribution in [1.29, 1.82) is 0 Å². The number of carbonyl (C=O) groups is 1. The number of fused-ring (bicyclic) bond motifs is 1. The molecule has 98 valence electrons. The standard InChI is InChI=1S/C13H16Cl2N2O/c1-8(16)6-12(18)17-5-4-10-9(7-17)2-3-11(14)13(10)15/h2-3,8H,4-7,16H2,1H3. The van der Waals surface area contributed by atoms with E-state index in [0.717, 1.165) is 17.5 Å². The Balaban J connectivity index is 2.16. The first-order valence-corrected chi connectivity index (χ1v) is 6.73. The molecule has 1 atom stereocenters. The minimum atomic E-state index is -0.104. The number of rotatable bonds is 2. The summed E-state index contributed by atoms with van der Waals surface area (Å²) >= 11 is 12.2. The third kappa shape index (κ3) is 2.79. The molecule has 0 radical (unpaired) electrons. The van der Waals surface area contributed by atoms with Gasteiger partial charge in [0.05, 0.1) is 10.0 Å². The molecule has 0 aliphatic carbocycles. The van der Waals surface area contributed by atoms with Gasteiger partial charge in [-0.1, -0.05) is 29.3 Å². The van der Waals surface area contributed by atoms with Crippen LogP contribution < -0.4 is 5.73 Å². The number of benzene rings is 1. The third-order valence-electron chi connectivity index (χ3n) is 3.14. The molecule has 0 aromatic heterocycles. The molecule has 2 rings (SSSR count). The van der Waals surface area contributed by atoms with Crippen molar-refractivity contribution in [3.05, 3.63) is 33.3 Å². The summed E-state index contributed by atoms with van der Waals surface area (Å²) < 4.78 is 0. The quantitative estimate of drug-likeness (QED) is 0.908. The van der Waals surface area contributed by atoms with Crippen LogP contribution >= 0.6 is 23.2 Å². The van der Waals surface area contributed by atoms with Gasteiger partial charge in [0.2, 0.25) is 5.91 Å². The first-order chi connectivity index (χ1) is 8.49. The lowest BCUT2D eigenvalue weighted by atomic mass is 9.99. The van der Waals surface area contributed by atoms with Crippen LogP contribution in [-0.4, -0.2) is 23.4 Å². The monoisotopic (exact) mass is 286 g/mol. The molecule has 2 N–H and O–H groups in total. The lowest BCUT2D eigenvalue weighted by Gasteiger charge is -2.30. The van der Waals surface area contributed by atoms with E-state index in [4.69, 9.17) is 28.9 Å². The second kappa shape index (κ2) is 5.47. The molecule has 1 amide bonds. The first-order valence-electron chi connectivity index (χ1n) is 5.98. The SMILES string of the molecule is CC(N)CC(=O)N1CCc2c(ccc(Cl)c2Cl)C1. The molecule has 0 bridgehead atoms. The molecule has 0 spiro atoms. The Hall–Kier alpha value is -0.770. The van der Waals surface area contributed by atoms with Crippen molar-refractivity contribution in [2.24, 2.45) is 5.73 Å². The van der Waals surface area contributed by atoms with Gasteiger partial charge in [-0.15, -0.1) is 0 Å². The Morgan fingerprint density at radius 3 is 2.89 bits per heavy atom. The molecular formula is C13H16Cl2N2O. The van der Waals surface area contributed by atoms with Gasteiger partial charge in [-0.05, 0) is 30.5 Å². The van der Waals surface area contributed by atoms with Gasteiger partial charge >= 0.3 is 0 Å². The van der Waals surface area contributed by atoms with Crippen LogP contribution in [0.1, 0.15) is 24.5 Å². The lowest BCUT2D eigenvalue weighted by Crippen LogP contribution is -2.38. The molecule has 1 aromatic rings. The molecule has 0 saturated heterocycles. The average Bonchev–Trinajstić information content (AvgIpc) is 2.32. The number of halogens is 2. The van der Waals surface area contributed by atoms with Crippen LogP contribution in [0.5, 0.6) is 0 Å². The van der Waals surface area contributed by atoms with Gasteiger partial charge in [0.1, 0.15) is 0 Å². The van der Waals surface area contributed by atoms with Gasteiger partial charge in [-0.2, -0.15) is 0 Å². The van der Waals surface area contributed by atoms with E-state index in [1.54, 1.807) is 6.07 Å². The second-order valence-electron chi connectivity index (χ2n) is 4.75. The third-order valence-corrected chi connectivity index (χ3v) is 3.98. The van der Waals surface area contributed by atoms with E-state index in [1.807, 2.05) is 17.9 Å². The fourth-order valence-electron chi connectivity index (χ4n) is 2.20. The van der Waals surface area contributed by atoms with Gasteiger partial charge in [0, 0.05) is 25.6 Å². The molecule has 0 saturated carbocycles. The zero-order chi connectivity index (χ0) is 13.3. The summed E-state index contributed by atoms with van der Waals surface area (Å²) in [7, 11) is 0. The topological polar surface area (TPSA) is 46.3 Å². The Labute approximate surface area is 117 Å². The zero-order valence-corrected chi connectivity index (χ0v) is 11.8. The van der Waals surface area contributed by atoms with Crippen molar-refractivity contribution >= 4 is 29.1 Å². The summed E-state index contributed by atoms with van der Waals surface area (Å²) in [6.07, 6.45) is 1.13. The summed E-state index contributed by atoms with van der Waals surface area (Å²) in [5, 5.41) is 1.19. The Bertz CT molecular complexity index is 474. The maximum atomic E-state index is 12.0. The summed E-state index contributed by atoms with van der Waals surface area (Å²) in [4.78, 5) is 13.8. The van der Waals surface area contributed by atoms with Crippen molar-refractivity contribution in [2.75, 3.05) is 6.54 Å². The van der Waals surface area contributed by atoms with Gasteiger partial charge in [-0.25, -0.2) is 0 Å².